The highest BCUT2D eigenvalue weighted by molar-refractivity contribution is 5.92. The third kappa shape index (κ3) is 7.23. The van der Waals surface area contributed by atoms with Crippen LogP contribution in [0.5, 0.6) is 5.75 Å². The van der Waals surface area contributed by atoms with Crippen molar-refractivity contribution in [1.29, 1.82) is 0 Å². The van der Waals surface area contributed by atoms with Crippen molar-refractivity contribution in [3.8, 4) is 5.75 Å². The van der Waals surface area contributed by atoms with Crippen molar-refractivity contribution in [1.82, 2.24) is 9.80 Å². The first-order valence-corrected chi connectivity index (χ1v) is 9.69. The lowest BCUT2D eigenvalue weighted by atomic mass is 9.94. The monoisotopic (exact) mass is 415 g/mol. The molecule has 0 saturated heterocycles. The fourth-order valence-electron chi connectivity index (χ4n) is 3.44. The molecule has 2 amide bonds. The van der Waals surface area contributed by atoms with Crippen molar-refractivity contribution in [2.75, 3.05) is 26.0 Å². The first kappa shape index (κ1) is 23.0. The molecule has 9 heteroatoms. The Kier molecular flexibility index (Phi) is 7.89. The standard InChI is InChI=1S/C20H28F3N3O3/c1-14(19(28)26(3)16-7-5-4-6-8-16)25(2)13-18(27)24-15-9-11-17(12-10-15)29-20(21,22)23/h9-12,14,16H,4-8,13H2,1-3H3,(H,24,27)/t14-/m1/s1. The van der Waals surface area contributed by atoms with E-state index in [0.717, 1.165) is 37.8 Å². The predicted octanol–water partition coefficient (Wildman–Crippen LogP) is 3.64. The Labute approximate surface area is 169 Å². The van der Waals surface area contributed by atoms with Gasteiger partial charge in [0.1, 0.15) is 5.75 Å². The summed E-state index contributed by atoms with van der Waals surface area (Å²) in [6.45, 7) is 1.74. The van der Waals surface area contributed by atoms with Gasteiger partial charge in [0.05, 0.1) is 12.6 Å². The van der Waals surface area contributed by atoms with Crippen LogP contribution in [-0.4, -0.2) is 60.7 Å². The Morgan fingerprint density at radius 1 is 1.14 bits per heavy atom. The van der Waals surface area contributed by atoms with Crippen molar-refractivity contribution < 1.29 is 27.5 Å². The number of likely N-dealkylation sites (N-methyl/N-ethyl adjacent to an activating group) is 2. The number of alkyl halides is 3. The number of amides is 2. The maximum absolute atomic E-state index is 12.7. The van der Waals surface area contributed by atoms with Crippen molar-refractivity contribution >= 4 is 17.5 Å². The van der Waals surface area contributed by atoms with Crippen LogP contribution in [0.25, 0.3) is 0 Å². The molecule has 2 rings (SSSR count). The summed E-state index contributed by atoms with van der Waals surface area (Å²) in [5.41, 5.74) is 0.344. The van der Waals surface area contributed by atoms with Gasteiger partial charge in [-0.3, -0.25) is 14.5 Å². The van der Waals surface area contributed by atoms with E-state index in [1.807, 2.05) is 7.05 Å². The lowest BCUT2D eigenvalue weighted by Crippen LogP contribution is -2.49. The van der Waals surface area contributed by atoms with Gasteiger partial charge in [-0.1, -0.05) is 19.3 Å². The summed E-state index contributed by atoms with van der Waals surface area (Å²) in [5, 5.41) is 2.61. The molecular formula is C20H28F3N3O3. The van der Waals surface area contributed by atoms with Gasteiger partial charge in [-0.2, -0.15) is 0 Å². The van der Waals surface area contributed by atoms with Gasteiger partial charge in [-0.05, 0) is 51.1 Å². The summed E-state index contributed by atoms with van der Waals surface area (Å²) in [6.07, 6.45) is 0.711. The predicted molar refractivity (Wildman–Crippen MR) is 103 cm³/mol. The van der Waals surface area contributed by atoms with E-state index >= 15 is 0 Å². The number of ether oxygens (including phenoxy) is 1. The molecule has 1 aliphatic carbocycles. The van der Waals surface area contributed by atoms with Crippen LogP contribution in [0.3, 0.4) is 0 Å². The minimum atomic E-state index is -4.76. The average Bonchev–Trinajstić information content (AvgIpc) is 2.67. The summed E-state index contributed by atoms with van der Waals surface area (Å²) in [4.78, 5) is 28.4. The van der Waals surface area contributed by atoms with Gasteiger partial charge in [0, 0.05) is 18.8 Å². The van der Waals surface area contributed by atoms with E-state index in [1.54, 1.807) is 23.8 Å². The Bertz CT molecular complexity index is 688. The summed E-state index contributed by atoms with van der Waals surface area (Å²) < 4.78 is 40.3. The zero-order chi connectivity index (χ0) is 21.6. The van der Waals surface area contributed by atoms with Gasteiger partial charge < -0.3 is 15.0 Å². The Balaban J connectivity index is 1.85. The molecule has 0 radical (unpaired) electrons. The van der Waals surface area contributed by atoms with Crippen LogP contribution in [-0.2, 0) is 9.59 Å². The van der Waals surface area contributed by atoms with Crippen molar-refractivity contribution in [2.45, 2.75) is 57.5 Å². The number of hydrogen-bond acceptors (Lipinski definition) is 4. The van der Waals surface area contributed by atoms with E-state index < -0.39 is 12.4 Å². The van der Waals surface area contributed by atoms with Gasteiger partial charge in [0.25, 0.3) is 0 Å². The van der Waals surface area contributed by atoms with Gasteiger partial charge in [0.2, 0.25) is 11.8 Å². The second-order valence-corrected chi connectivity index (χ2v) is 7.45. The van der Waals surface area contributed by atoms with E-state index in [9.17, 15) is 22.8 Å². The fraction of sp³-hybridized carbons (Fsp3) is 0.600. The van der Waals surface area contributed by atoms with Gasteiger partial charge in [-0.15, -0.1) is 13.2 Å². The third-order valence-electron chi connectivity index (χ3n) is 5.25. The molecule has 162 valence electrons. The zero-order valence-electron chi connectivity index (χ0n) is 17.0. The van der Waals surface area contributed by atoms with Crippen molar-refractivity contribution in [3.63, 3.8) is 0 Å². The molecule has 1 fully saturated rings. The number of carbonyl (C=O) groups is 2. The number of anilines is 1. The molecule has 0 aliphatic heterocycles. The second-order valence-electron chi connectivity index (χ2n) is 7.45. The fourth-order valence-corrected chi connectivity index (χ4v) is 3.44. The van der Waals surface area contributed by atoms with Crippen LogP contribution in [0.2, 0.25) is 0 Å². The lowest BCUT2D eigenvalue weighted by Gasteiger charge is -2.35. The van der Waals surface area contributed by atoms with Gasteiger partial charge in [0.15, 0.2) is 0 Å². The van der Waals surface area contributed by atoms with Gasteiger partial charge >= 0.3 is 6.36 Å². The molecule has 1 N–H and O–H groups in total. The summed E-state index contributed by atoms with van der Waals surface area (Å²) in [7, 11) is 3.50. The average molecular weight is 415 g/mol. The number of hydrogen-bond donors (Lipinski definition) is 1. The number of halogens is 3. The molecule has 1 aromatic carbocycles. The van der Waals surface area contributed by atoms with E-state index in [4.69, 9.17) is 0 Å². The molecule has 6 nitrogen and oxygen atoms in total. The highest BCUT2D eigenvalue weighted by Gasteiger charge is 2.31. The van der Waals surface area contributed by atoms with Crippen LogP contribution < -0.4 is 10.1 Å². The maximum atomic E-state index is 12.7. The zero-order valence-corrected chi connectivity index (χ0v) is 17.0. The van der Waals surface area contributed by atoms with E-state index in [-0.39, 0.29) is 30.2 Å². The van der Waals surface area contributed by atoms with Crippen molar-refractivity contribution in [2.24, 2.45) is 0 Å². The normalized spacial score (nSPS) is 16.4. The summed E-state index contributed by atoms with van der Waals surface area (Å²) >= 11 is 0. The van der Waals surface area contributed by atoms with Gasteiger partial charge in [-0.25, -0.2) is 0 Å². The largest absolute Gasteiger partial charge is 0.573 e. The third-order valence-corrected chi connectivity index (χ3v) is 5.25. The minimum absolute atomic E-state index is 0.0216. The SMILES string of the molecule is C[C@H](C(=O)N(C)C1CCCCC1)N(C)CC(=O)Nc1ccc(OC(F)(F)F)cc1. The molecule has 0 heterocycles. The number of rotatable bonds is 7. The number of nitrogens with zero attached hydrogens (tertiary/aromatic N) is 2. The Hall–Kier alpha value is -2.29. The van der Waals surface area contributed by atoms with E-state index in [1.165, 1.54) is 18.6 Å². The summed E-state index contributed by atoms with van der Waals surface area (Å²) in [5.74, 6) is -0.754. The molecule has 0 bridgehead atoms. The first-order chi connectivity index (χ1) is 13.6. The molecule has 0 spiro atoms. The van der Waals surface area contributed by atoms with Crippen LogP contribution in [0.4, 0.5) is 18.9 Å². The Morgan fingerprint density at radius 3 is 2.28 bits per heavy atom. The number of benzene rings is 1. The van der Waals surface area contributed by atoms with Crippen LogP contribution in [0.15, 0.2) is 24.3 Å². The molecule has 1 aliphatic rings. The van der Waals surface area contributed by atoms with Crippen LogP contribution in [0.1, 0.15) is 39.0 Å². The first-order valence-electron chi connectivity index (χ1n) is 9.69. The molecule has 0 unspecified atom stereocenters. The van der Waals surface area contributed by atoms with E-state index in [2.05, 4.69) is 10.1 Å². The molecule has 0 aromatic heterocycles. The molecule has 1 saturated carbocycles. The second kappa shape index (κ2) is 9.96. The molecular weight excluding hydrogens is 387 g/mol. The topological polar surface area (TPSA) is 61.9 Å². The Morgan fingerprint density at radius 2 is 1.72 bits per heavy atom. The quantitative estimate of drug-likeness (QED) is 0.739. The molecule has 29 heavy (non-hydrogen) atoms. The minimum Gasteiger partial charge on any atom is -0.406 e. The highest BCUT2D eigenvalue weighted by atomic mass is 19.4. The smallest absolute Gasteiger partial charge is 0.406 e. The highest BCUT2D eigenvalue weighted by Crippen LogP contribution is 2.24. The van der Waals surface area contributed by atoms with Crippen molar-refractivity contribution in [3.05, 3.63) is 24.3 Å². The molecule has 1 aromatic rings. The lowest BCUT2D eigenvalue weighted by molar-refractivity contribution is -0.274. The van der Waals surface area contributed by atoms with E-state index in [0.29, 0.717) is 5.69 Å². The van der Waals surface area contributed by atoms with Crippen LogP contribution >= 0.6 is 0 Å². The number of nitrogens with one attached hydrogen (secondary N) is 1. The number of carbonyl (C=O) groups excluding carboxylic acids is 2. The maximum Gasteiger partial charge on any atom is 0.573 e. The molecule has 1 atom stereocenters. The van der Waals surface area contributed by atoms with Crippen LogP contribution in [0, 0.1) is 0 Å². The summed E-state index contributed by atoms with van der Waals surface area (Å²) in [6, 6.07) is 4.68.